The van der Waals surface area contributed by atoms with Crippen molar-refractivity contribution in [2.24, 2.45) is 5.92 Å². The fourth-order valence-electron chi connectivity index (χ4n) is 3.46. The summed E-state index contributed by atoms with van der Waals surface area (Å²) in [6.45, 7) is 3.92. The van der Waals surface area contributed by atoms with E-state index in [1.165, 1.54) is 25.3 Å². The summed E-state index contributed by atoms with van der Waals surface area (Å²) in [6, 6.07) is 9.98. The van der Waals surface area contributed by atoms with E-state index in [0.29, 0.717) is 18.5 Å². The smallest absolute Gasteiger partial charge is 0.325 e. The summed E-state index contributed by atoms with van der Waals surface area (Å²) in [6.07, 6.45) is 4.35. The molecule has 0 saturated heterocycles. The number of benzene rings is 2. The number of esters is 1. The number of fused-ring (bicyclic) bond motifs is 1. The molecule has 29 heavy (non-hydrogen) atoms. The fourth-order valence-corrected chi connectivity index (χ4v) is 3.46. The highest BCUT2D eigenvalue weighted by atomic mass is 16.5. The lowest BCUT2D eigenvalue weighted by atomic mass is 9.95. The molecule has 0 radical (unpaired) electrons. The summed E-state index contributed by atoms with van der Waals surface area (Å²) in [5.74, 6) is -0.0387. The SMILES string of the molecule is CCOC(=O)CNC(=O)c1ccc2cc(CC3CC3)cc(CCNC(C)=O)c2c1. The molecule has 1 fully saturated rings. The van der Waals surface area contributed by atoms with Gasteiger partial charge in [-0.25, -0.2) is 0 Å². The van der Waals surface area contributed by atoms with Gasteiger partial charge in [-0.3, -0.25) is 14.4 Å². The largest absolute Gasteiger partial charge is 0.465 e. The van der Waals surface area contributed by atoms with Crippen molar-refractivity contribution >= 4 is 28.6 Å². The van der Waals surface area contributed by atoms with E-state index in [2.05, 4.69) is 22.8 Å². The lowest BCUT2D eigenvalue weighted by Gasteiger charge is -2.13. The molecule has 2 amide bonds. The van der Waals surface area contributed by atoms with Crippen LogP contribution in [0, 0.1) is 5.92 Å². The van der Waals surface area contributed by atoms with E-state index in [4.69, 9.17) is 4.74 Å². The maximum atomic E-state index is 12.5. The number of carbonyl (C=O) groups is 3. The zero-order valence-corrected chi connectivity index (χ0v) is 17.0. The molecular weight excluding hydrogens is 368 g/mol. The van der Waals surface area contributed by atoms with E-state index in [1.54, 1.807) is 13.0 Å². The van der Waals surface area contributed by atoms with Crippen LogP contribution in [0.5, 0.6) is 0 Å². The third-order valence-corrected chi connectivity index (χ3v) is 5.05. The molecule has 2 aromatic rings. The van der Waals surface area contributed by atoms with E-state index in [1.807, 2.05) is 12.1 Å². The summed E-state index contributed by atoms with van der Waals surface area (Å²) in [5, 5.41) is 7.53. The van der Waals surface area contributed by atoms with Crippen LogP contribution < -0.4 is 10.6 Å². The molecule has 1 aliphatic rings. The molecule has 1 saturated carbocycles. The molecule has 2 aromatic carbocycles. The molecule has 154 valence electrons. The summed E-state index contributed by atoms with van der Waals surface area (Å²) < 4.78 is 4.84. The van der Waals surface area contributed by atoms with Crippen LogP contribution >= 0.6 is 0 Å². The normalized spacial score (nSPS) is 13.2. The first-order chi connectivity index (χ1) is 14.0. The van der Waals surface area contributed by atoms with Crippen LogP contribution in [0.15, 0.2) is 30.3 Å². The first-order valence-electron chi connectivity index (χ1n) is 10.2. The number of nitrogens with one attached hydrogen (secondary N) is 2. The van der Waals surface area contributed by atoms with Gasteiger partial charge in [0.2, 0.25) is 5.91 Å². The minimum absolute atomic E-state index is 0.0533. The van der Waals surface area contributed by atoms with Crippen LogP contribution in [0.4, 0.5) is 0 Å². The van der Waals surface area contributed by atoms with Gasteiger partial charge in [0, 0.05) is 19.0 Å². The molecule has 0 spiro atoms. The van der Waals surface area contributed by atoms with Crippen molar-refractivity contribution in [1.82, 2.24) is 10.6 Å². The second-order valence-electron chi connectivity index (χ2n) is 7.56. The minimum Gasteiger partial charge on any atom is -0.465 e. The van der Waals surface area contributed by atoms with Gasteiger partial charge >= 0.3 is 5.97 Å². The van der Waals surface area contributed by atoms with Crippen molar-refractivity contribution in [2.75, 3.05) is 19.7 Å². The Morgan fingerprint density at radius 2 is 1.90 bits per heavy atom. The number of amides is 2. The zero-order chi connectivity index (χ0) is 20.8. The van der Waals surface area contributed by atoms with E-state index in [0.717, 1.165) is 28.7 Å². The minimum atomic E-state index is -0.456. The maximum absolute atomic E-state index is 12.5. The summed E-state index contributed by atoms with van der Waals surface area (Å²) in [7, 11) is 0. The second-order valence-corrected chi connectivity index (χ2v) is 7.56. The third-order valence-electron chi connectivity index (χ3n) is 5.05. The van der Waals surface area contributed by atoms with Gasteiger partial charge in [0.1, 0.15) is 6.54 Å². The van der Waals surface area contributed by atoms with Gasteiger partial charge in [-0.2, -0.15) is 0 Å². The van der Waals surface area contributed by atoms with Crippen LogP contribution in [-0.2, 0) is 27.2 Å². The van der Waals surface area contributed by atoms with E-state index < -0.39 is 5.97 Å². The quantitative estimate of drug-likeness (QED) is 0.639. The summed E-state index contributed by atoms with van der Waals surface area (Å²) in [4.78, 5) is 35.2. The number of carbonyl (C=O) groups excluding carboxylic acids is 3. The third kappa shape index (κ3) is 6.04. The Hall–Kier alpha value is -2.89. The predicted molar refractivity (Wildman–Crippen MR) is 112 cm³/mol. The van der Waals surface area contributed by atoms with E-state index in [9.17, 15) is 14.4 Å². The lowest BCUT2D eigenvalue weighted by molar-refractivity contribution is -0.141. The molecule has 6 heteroatoms. The van der Waals surface area contributed by atoms with Crippen LogP contribution in [0.2, 0.25) is 0 Å². The maximum Gasteiger partial charge on any atom is 0.325 e. The Bertz CT molecular complexity index is 918. The molecule has 0 aromatic heterocycles. The topological polar surface area (TPSA) is 84.5 Å². The Balaban J connectivity index is 1.82. The Morgan fingerprint density at radius 1 is 1.10 bits per heavy atom. The molecule has 0 aliphatic heterocycles. The molecule has 1 aliphatic carbocycles. The standard InChI is InChI=1S/C23H28N2O4/c1-3-29-22(27)14-25-23(28)20-7-6-18-11-17(10-16-4-5-16)12-19(21(18)13-20)8-9-24-15(2)26/h6-7,11-13,16H,3-5,8-10,14H2,1-2H3,(H,24,26)(H,25,28). The van der Waals surface area contributed by atoms with Gasteiger partial charge in [0.05, 0.1) is 6.61 Å². The molecule has 2 N–H and O–H groups in total. The average Bonchev–Trinajstić information content (AvgIpc) is 3.49. The van der Waals surface area contributed by atoms with Crippen LogP contribution in [0.25, 0.3) is 10.8 Å². The first kappa shape index (κ1) is 20.8. The van der Waals surface area contributed by atoms with Crippen molar-refractivity contribution in [2.45, 2.75) is 39.5 Å². The molecule has 0 bridgehead atoms. The fraction of sp³-hybridized carbons (Fsp3) is 0.435. The Kier molecular flexibility index (Phi) is 6.86. The number of hydrogen-bond acceptors (Lipinski definition) is 4. The van der Waals surface area contributed by atoms with Crippen LogP contribution in [0.3, 0.4) is 0 Å². The van der Waals surface area contributed by atoms with Crippen LogP contribution in [-0.4, -0.2) is 37.5 Å². The molecule has 0 atom stereocenters. The van der Waals surface area contributed by atoms with Crippen molar-refractivity contribution in [3.8, 4) is 0 Å². The highest BCUT2D eigenvalue weighted by Crippen LogP contribution is 2.34. The predicted octanol–water partition coefficient (Wildman–Crippen LogP) is 2.76. The van der Waals surface area contributed by atoms with Gasteiger partial charge in [-0.05, 0) is 72.6 Å². The summed E-state index contributed by atoms with van der Waals surface area (Å²) >= 11 is 0. The number of rotatable bonds is 9. The Morgan fingerprint density at radius 3 is 2.59 bits per heavy atom. The molecule has 6 nitrogen and oxygen atoms in total. The highest BCUT2D eigenvalue weighted by Gasteiger charge is 2.22. The monoisotopic (exact) mass is 396 g/mol. The van der Waals surface area contributed by atoms with Crippen molar-refractivity contribution in [3.05, 3.63) is 47.0 Å². The van der Waals surface area contributed by atoms with E-state index >= 15 is 0 Å². The van der Waals surface area contributed by atoms with Crippen molar-refractivity contribution in [3.63, 3.8) is 0 Å². The van der Waals surface area contributed by atoms with Gasteiger partial charge in [-0.1, -0.05) is 18.2 Å². The zero-order valence-electron chi connectivity index (χ0n) is 17.0. The van der Waals surface area contributed by atoms with Gasteiger partial charge in [-0.15, -0.1) is 0 Å². The second kappa shape index (κ2) is 9.54. The highest BCUT2D eigenvalue weighted by molar-refractivity contribution is 6.00. The van der Waals surface area contributed by atoms with Gasteiger partial charge in [0.15, 0.2) is 0 Å². The number of ether oxygens (including phenoxy) is 1. The van der Waals surface area contributed by atoms with E-state index in [-0.39, 0.29) is 25.0 Å². The van der Waals surface area contributed by atoms with Gasteiger partial charge < -0.3 is 15.4 Å². The molecule has 3 rings (SSSR count). The van der Waals surface area contributed by atoms with Crippen molar-refractivity contribution < 1.29 is 19.1 Å². The molecular formula is C23H28N2O4. The van der Waals surface area contributed by atoms with Gasteiger partial charge in [0.25, 0.3) is 5.91 Å². The van der Waals surface area contributed by atoms with Crippen molar-refractivity contribution in [1.29, 1.82) is 0 Å². The van der Waals surface area contributed by atoms with Crippen LogP contribution in [0.1, 0.15) is 48.2 Å². The lowest BCUT2D eigenvalue weighted by Crippen LogP contribution is -2.30. The first-order valence-corrected chi connectivity index (χ1v) is 10.2. The Labute approximate surface area is 171 Å². The molecule has 0 unspecified atom stereocenters. The number of hydrogen-bond donors (Lipinski definition) is 2. The summed E-state index contributed by atoms with van der Waals surface area (Å²) in [5.41, 5.74) is 2.92. The molecule has 0 heterocycles. The average molecular weight is 396 g/mol.